The highest BCUT2D eigenvalue weighted by Gasteiger charge is 2.24. The number of hydrogen-bond donors (Lipinski definition) is 1. The molecule has 2 aliphatic rings. The highest BCUT2D eigenvalue weighted by atomic mass is 35.5. The third-order valence-electron chi connectivity index (χ3n) is 5.39. The Labute approximate surface area is 173 Å². The summed E-state index contributed by atoms with van der Waals surface area (Å²) in [5.74, 6) is 1.53. The number of guanidine groups is 1. The Morgan fingerprint density at radius 3 is 2.82 bits per heavy atom. The van der Waals surface area contributed by atoms with E-state index in [4.69, 9.17) is 26.1 Å². The molecule has 2 fully saturated rings. The molecule has 156 valence electrons. The van der Waals surface area contributed by atoms with Crippen molar-refractivity contribution < 1.29 is 9.47 Å². The van der Waals surface area contributed by atoms with Crippen LogP contribution in [0.5, 0.6) is 0 Å². The fourth-order valence-electron chi connectivity index (χ4n) is 3.88. The maximum Gasteiger partial charge on any atom is 0.193 e. The fourth-order valence-corrected chi connectivity index (χ4v) is 4.08. The number of hydrogen-bond acceptors (Lipinski definition) is 4. The number of nitrogens with zero attached hydrogens (tertiary/aromatic N) is 3. The van der Waals surface area contributed by atoms with Crippen LogP contribution >= 0.6 is 11.6 Å². The summed E-state index contributed by atoms with van der Waals surface area (Å²) in [6, 6.07) is 8.34. The van der Waals surface area contributed by atoms with Crippen LogP contribution in [0.2, 0.25) is 5.02 Å². The van der Waals surface area contributed by atoms with Gasteiger partial charge in [0.25, 0.3) is 0 Å². The van der Waals surface area contributed by atoms with Crippen LogP contribution in [0, 0.1) is 5.92 Å². The van der Waals surface area contributed by atoms with E-state index in [1.54, 1.807) is 0 Å². The van der Waals surface area contributed by atoms with Gasteiger partial charge in [0.2, 0.25) is 0 Å². The van der Waals surface area contributed by atoms with Gasteiger partial charge < -0.3 is 19.7 Å². The van der Waals surface area contributed by atoms with E-state index >= 15 is 0 Å². The average molecular weight is 409 g/mol. The number of halogens is 1. The van der Waals surface area contributed by atoms with Crippen LogP contribution in [0.4, 0.5) is 0 Å². The maximum atomic E-state index is 6.27. The maximum absolute atomic E-state index is 6.27. The van der Waals surface area contributed by atoms with Crippen molar-refractivity contribution in [3.05, 3.63) is 34.9 Å². The predicted octanol–water partition coefficient (Wildman–Crippen LogP) is 2.65. The fraction of sp³-hybridized carbons (Fsp3) is 0.667. The summed E-state index contributed by atoms with van der Waals surface area (Å²) in [6.45, 7) is 9.70. The number of ether oxygens (including phenoxy) is 2. The van der Waals surface area contributed by atoms with Gasteiger partial charge in [0.05, 0.1) is 32.4 Å². The Morgan fingerprint density at radius 2 is 2.14 bits per heavy atom. The molecule has 3 rings (SSSR count). The molecule has 0 bridgehead atoms. The number of aliphatic imine (C=N–C) groups is 1. The summed E-state index contributed by atoms with van der Waals surface area (Å²) >= 11 is 6.27. The topological polar surface area (TPSA) is 49.3 Å². The van der Waals surface area contributed by atoms with E-state index in [-0.39, 0.29) is 6.04 Å². The number of benzene rings is 1. The van der Waals surface area contributed by atoms with E-state index in [0.717, 1.165) is 70.0 Å². The van der Waals surface area contributed by atoms with Gasteiger partial charge in [-0.3, -0.25) is 9.89 Å². The van der Waals surface area contributed by atoms with Crippen LogP contribution in [0.25, 0.3) is 0 Å². The van der Waals surface area contributed by atoms with Crippen molar-refractivity contribution in [2.45, 2.75) is 19.4 Å². The van der Waals surface area contributed by atoms with Gasteiger partial charge in [0.15, 0.2) is 5.96 Å². The van der Waals surface area contributed by atoms with E-state index in [9.17, 15) is 0 Å². The van der Waals surface area contributed by atoms with Gasteiger partial charge in [-0.05, 0) is 31.0 Å². The molecule has 2 saturated heterocycles. The zero-order valence-electron chi connectivity index (χ0n) is 17.1. The molecule has 0 radical (unpaired) electrons. The second-order valence-corrected chi connectivity index (χ2v) is 7.96. The standard InChI is InChI=1S/C21H33ClN4O2/c1-3-23-21(25(2)15-17-7-10-28-16-17)24-14-20(26-8-11-27-12-9-26)18-5-4-6-19(22)13-18/h4-6,13,17,20H,3,7-12,14-16H2,1-2H3,(H,23,24). The Morgan fingerprint density at radius 1 is 1.32 bits per heavy atom. The minimum Gasteiger partial charge on any atom is -0.381 e. The van der Waals surface area contributed by atoms with Crippen molar-refractivity contribution in [1.29, 1.82) is 0 Å². The van der Waals surface area contributed by atoms with Gasteiger partial charge in [0.1, 0.15) is 0 Å². The molecule has 6 nitrogen and oxygen atoms in total. The molecule has 2 heterocycles. The normalized spacial score (nSPS) is 22.2. The van der Waals surface area contributed by atoms with Crippen LogP contribution in [-0.2, 0) is 9.47 Å². The summed E-state index contributed by atoms with van der Waals surface area (Å²) in [4.78, 5) is 9.69. The summed E-state index contributed by atoms with van der Waals surface area (Å²) in [5, 5.41) is 4.21. The van der Waals surface area contributed by atoms with Gasteiger partial charge in [-0.2, -0.15) is 0 Å². The first-order valence-corrected chi connectivity index (χ1v) is 10.7. The third kappa shape index (κ3) is 6.08. The first kappa shape index (κ1) is 21.4. The first-order valence-electron chi connectivity index (χ1n) is 10.3. The summed E-state index contributed by atoms with van der Waals surface area (Å²) in [5.41, 5.74) is 1.21. The molecule has 1 aromatic carbocycles. The zero-order chi connectivity index (χ0) is 19.8. The van der Waals surface area contributed by atoms with Crippen molar-refractivity contribution in [1.82, 2.24) is 15.1 Å². The van der Waals surface area contributed by atoms with Crippen molar-refractivity contribution in [2.75, 3.05) is 66.2 Å². The molecule has 2 unspecified atom stereocenters. The van der Waals surface area contributed by atoms with Crippen molar-refractivity contribution in [3.63, 3.8) is 0 Å². The molecule has 0 aromatic heterocycles. The highest BCUT2D eigenvalue weighted by molar-refractivity contribution is 6.30. The summed E-state index contributed by atoms with van der Waals surface area (Å²) in [7, 11) is 2.11. The first-order chi connectivity index (χ1) is 13.7. The molecular formula is C21H33ClN4O2. The molecule has 2 aliphatic heterocycles. The van der Waals surface area contributed by atoms with E-state index in [1.165, 1.54) is 5.56 Å². The number of rotatable bonds is 7. The second kappa shape index (κ2) is 11.0. The lowest BCUT2D eigenvalue weighted by Gasteiger charge is -2.34. The molecule has 1 N–H and O–H groups in total. The van der Waals surface area contributed by atoms with Gasteiger partial charge >= 0.3 is 0 Å². The molecule has 0 amide bonds. The molecule has 0 aliphatic carbocycles. The van der Waals surface area contributed by atoms with Gasteiger partial charge in [-0.25, -0.2) is 0 Å². The lowest BCUT2D eigenvalue weighted by atomic mass is 10.0. The van der Waals surface area contributed by atoms with Crippen LogP contribution in [0.3, 0.4) is 0 Å². The monoisotopic (exact) mass is 408 g/mol. The van der Waals surface area contributed by atoms with E-state index in [1.807, 2.05) is 12.1 Å². The van der Waals surface area contributed by atoms with Crippen LogP contribution < -0.4 is 5.32 Å². The third-order valence-corrected chi connectivity index (χ3v) is 5.62. The summed E-state index contributed by atoms with van der Waals surface area (Å²) in [6.07, 6.45) is 1.13. The zero-order valence-corrected chi connectivity index (χ0v) is 17.8. The van der Waals surface area contributed by atoms with E-state index in [2.05, 4.69) is 41.2 Å². The summed E-state index contributed by atoms with van der Waals surface area (Å²) < 4.78 is 11.1. The van der Waals surface area contributed by atoms with Crippen LogP contribution in [0.15, 0.2) is 29.3 Å². The predicted molar refractivity (Wildman–Crippen MR) is 114 cm³/mol. The smallest absolute Gasteiger partial charge is 0.193 e. The second-order valence-electron chi connectivity index (χ2n) is 7.52. The molecule has 28 heavy (non-hydrogen) atoms. The van der Waals surface area contributed by atoms with Crippen LogP contribution in [0.1, 0.15) is 24.9 Å². The van der Waals surface area contributed by atoms with Crippen molar-refractivity contribution in [3.8, 4) is 0 Å². The quantitative estimate of drug-likeness (QED) is 0.555. The van der Waals surface area contributed by atoms with Gasteiger partial charge in [0, 0.05) is 50.8 Å². The average Bonchev–Trinajstić information content (AvgIpc) is 3.21. The molecule has 0 spiro atoms. The Bertz CT molecular complexity index is 631. The minimum absolute atomic E-state index is 0.194. The van der Waals surface area contributed by atoms with Crippen molar-refractivity contribution >= 4 is 17.6 Å². The minimum atomic E-state index is 0.194. The molecule has 2 atom stereocenters. The van der Waals surface area contributed by atoms with Gasteiger partial charge in [-0.1, -0.05) is 23.7 Å². The van der Waals surface area contributed by atoms with Gasteiger partial charge in [-0.15, -0.1) is 0 Å². The SMILES string of the molecule is CCNC(=NCC(c1cccc(Cl)c1)N1CCOCC1)N(C)CC1CCOC1. The molecule has 0 saturated carbocycles. The van der Waals surface area contributed by atoms with E-state index in [0.29, 0.717) is 12.5 Å². The Hall–Kier alpha value is -1.34. The van der Waals surface area contributed by atoms with Crippen molar-refractivity contribution in [2.24, 2.45) is 10.9 Å². The molecular weight excluding hydrogens is 376 g/mol. The highest BCUT2D eigenvalue weighted by Crippen LogP contribution is 2.25. The number of morpholine rings is 1. The lowest BCUT2D eigenvalue weighted by Crippen LogP contribution is -2.43. The number of nitrogens with one attached hydrogen (secondary N) is 1. The Kier molecular flexibility index (Phi) is 8.40. The largest absolute Gasteiger partial charge is 0.381 e. The van der Waals surface area contributed by atoms with E-state index < -0.39 is 0 Å². The Balaban J connectivity index is 1.74. The lowest BCUT2D eigenvalue weighted by molar-refractivity contribution is 0.0179. The molecule has 7 heteroatoms. The van der Waals surface area contributed by atoms with Crippen LogP contribution in [-0.4, -0.2) is 82.0 Å². The molecule has 1 aromatic rings.